The summed E-state index contributed by atoms with van der Waals surface area (Å²) in [6.45, 7) is 2.65. The van der Waals surface area contributed by atoms with Gasteiger partial charge in [-0.15, -0.1) is 0 Å². The molecule has 0 saturated carbocycles. The zero-order valence-electron chi connectivity index (χ0n) is 15.2. The van der Waals surface area contributed by atoms with Gasteiger partial charge in [0.1, 0.15) is 11.6 Å². The predicted octanol–water partition coefficient (Wildman–Crippen LogP) is 3.89. The highest BCUT2D eigenvalue weighted by Crippen LogP contribution is 2.30. The predicted molar refractivity (Wildman–Crippen MR) is 106 cm³/mol. The maximum atomic E-state index is 11.8. The van der Waals surface area contributed by atoms with Crippen molar-refractivity contribution in [3.05, 3.63) is 68.3 Å². The number of nitrogens with one attached hydrogen (secondary N) is 1. The van der Waals surface area contributed by atoms with Crippen molar-refractivity contribution in [3.63, 3.8) is 0 Å². The van der Waals surface area contributed by atoms with Crippen molar-refractivity contribution in [2.24, 2.45) is 0 Å². The van der Waals surface area contributed by atoms with Crippen LogP contribution in [0.15, 0.2) is 41.2 Å². The summed E-state index contributed by atoms with van der Waals surface area (Å²) in [6.07, 6.45) is 5.10. The minimum absolute atomic E-state index is 0.000502. The van der Waals surface area contributed by atoms with Crippen molar-refractivity contribution >= 4 is 28.6 Å². The van der Waals surface area contributed by atoms with E-state index < -0.39 is 22.0 Å². The van der Waals surface area contributed by atoms with Gasteiger partial charge in [-0.2, -0.15) is 4.98 Å². The summed E-state index contributed by atoms with van der Waals surface area (Å²) in [5, 5.41) is 22.4. The number of hydrogen-bond donors (Lipinski definition) is 2. The average molecular weight is 381 g/mol. The Balaban J connectivity index is 2.04. The fraction of sp³-hybridized carbons (Fsp3) is 0.200. The minimum Gasteiger partial charge on any atom is -0.493 e. The summed E-state index contributed by atoms with van der Waals surface area (Å²) < 4.78 is 5.89. The molecule has 3 rings (SSSR count). The second-order valence-electron chi connectivity index (χ2n) is 6.11. The van der Waals surface area contributed by atoms with E-state index >= 15 is 0 Å². The number of H-pyrrole nitrogens is 1. The van der Waals surface area contributed by atoms with Crippen LogP contribution in [0.1, 0.15) is 31.2 Å². The molecule has 1 aromatic heterocycles. The molecule has 0 fully saturated rings. The lowest BCUT2D eigenvalue weighted by atomic mass is 10.0. The average Bonchev–Trinajstić information content (AvgIpc) is 2.66. The van der Waals surface area contributed by atoms with Crippen LogP contribution in [0.3, 0.4) is 0 Å². The van der Waals surface area contributed by atoms with Crippen molar-refractivity contribution in [1.29, 1.82) is 0 Å². The first-order valence-corrected chi connectivity index (χ1v) is 8.81. The van der Waals surface area contributed by atoms with Gasteiger partial charge in [0.05, 0.1) is 11.5 Å². The smallest absolute Gasteiger partial charge is 0.395 e. The van der Waals surface area contributed by atoms with Crippen LogP contribution in [0, 0.1) is 10.1 Å². The Labute approximate surface area is 160 Å². The van der Waals surface area contributed by atoms with Crippen LogP contribution in [0.5, 0.6) is 11.6 Å². The van der Waals surface area contributed by atoms with Gasteiger partial charge in [0.25, 0.3) is 5.88 Å². The third-order valence-electron chi connectivity index (χ3n) is 4.17. The summed E-state index contributed by atoms with van der Waals surface area (Å²) in [4.78, 5) is 27.6. The molecule has 0 aliphatic heterocycles. The molecule has 0 bridgehead atoms. The van der Waals surface area contributed by atoms with Gasteiger partial charge in [-0.1, -0.05) is 43.7 Å². The van der Waals surface area contributed by atoms with E-state index in [1.807, 2.05) is 36.4 Å². The molecule has 2 N–H and O–H groups in total. The Morgan fingerprint density at radius 2 is 2.04 bits per heavy atom. The van der Waals surface area contributed by atoms with Gasteiger partial charge < -0.3 is 14.8 Å². The summed E-state index contributed by atoms with van der Waals surface area (Å²) in [5.74, 6) is -0.247. The van der Waals surface area contributed by atoms with Crippen molar-refractivity contribution in [2.75, 3.05) is 6.61 Å². The number of nitro groups is 1. The molecule has 0 aliphatic rings. The summed E-state index contributed by atoms with van der Waals surface area (Å²) in [5.41, 5.74) is -1.21. The SMILES string of the molecule is CCCCOc1ccc2ccccc2c1/C=C/c1nc(O)c([N+](=O)[O-])c(=O)[nH]1. The molecule has 0 radical (unpaired) electrons. The van der Waals surface area contributed by atoms with Crippen LogP contribution in [-0.4, -0.2) is 26.6 Å². The van der Waals surface area contributed by atoms with Gasteiger partial charge >= 0.3 is 11.2 Å². The minimum atomic E-state index is -1.02. The molecule has 0 aliphatic carbocycles. The molecule has 0 atom stereocenters. The molecule has 0 unspecified atom stereocenters. The Morgan fingerprint density at radius 3 is 2.75 bits per heavy atom. The highest BCUT2D eigenvalue weighted by molar-refractivity contribution is 5.95. The number of benzene rings is 2. The molecule has 2 aromatic carbocycles. The zero-order chi connectivity index (χ0) is 20.1. The van der Waals surface area contributed by atoms with Crippen LogP contribution < -0.4 is 10.3 Å². The van der Waals surface area contributed by atoms with Crippen molar-refractivity contribution in [3.8, 4) is 11.6 Å². The molecule has 8 nitrogen and oxygen atoms in total. The molecule has 3 aromatic rings. The number of unbranched alkanes of at least 4 members (excludes halogenated alkanes) is 1. The highest BCUT2D eigenvalue weighted by Gasteiger charge is 2.21. The molecular weight excluding hydrogens is 362 g/mol. The van der Waals surface area contributed by atoms with Gasteiger partial charge in [0.2, 0.25) is 0 Å². The van der Waals surface area contributed by atoms with Crippen molar-refractivity contribution in [2.45, 2.75) is 19.8 Å². The van der Waals surface area contributed by atoms with E-state index in [2.05, 4.69) is 16.9 Å². The number of aromatic amines is 1. The highest BCUT2D eigenvalue weighted by atomic mass is 16.6. The topological polar surface area (TPSA) is 118 Å². The van der Waals surface area contributed by atoms with Gasteiger partial charge in [-0.05, 0) is 35.4 Å². The number of aromatic hydroxyl groups is 1. The molecule has 1 heterocycles. The van der Waals surface area contributed by atoms with E-state index in [1.54, 1.807) is 6.08 Å². The second-order valence-corrected chi connectivity index (χ2v) is 6.11. The largest absolute Gasteiger partial charge is 0.493 e. The fourth-order valence-corrected chi connectivity index (χ4v) is 2.78. The Bertz CT molecular complexity index is 1100. The van der Waals surface area contributed by atoms with Crippen molar-refractivity contribution in [1.82, 2.24) is 9.97 Å². The number of fused-ring (bicyclic) bond motifs is 1. The van der Waals surface area contributed by atoms with Crippen LogP contribution in [0.4, 0.5) is 5.69 Å². The Kier molecular flexibility index (Phi) is 5.69. The first-order valence-electron chi connectivity index (χ1n) is 8.81. The van der Waals surface area contributed by atoms with Crippen LogP contribution in [0.2, 0.25) is 0 Å². The normalized spacial score (nSPS) is 11.2. The molecular formula is C20H19N3O5. The lowest BCUT2D eigenvalue weighted by Gasteiger charge is -2.11. The van der Waals surface area contributed by atoms with Gasteiger partial charge in [0.15, 0.2) is 0 Å². The number of hydrogen-bond acceptors (Lipinski definition) is 6. The lowest BCUT2D eigenvalue weighted by Crippen LogP contribution is -2.14. The summed E-state index contributed by atoms with van der Waals surface area (Å²) >= 11 is 0. The van der Waals surface area contributed by atoms with E-state index in [4.69, 9.17) is 4.74 Å². The standard InChI is InChI=1S/C20H19N3O5/c1-2-3-12-28-16-10-8-13-6-4-5-7-14(13)15(16)9-11-17-21-19(24)18(23(26)27)20(25)22-17/h4-11H,2-3,12H2,1H3,(H2,21,22,24,25)/b11-9+. The van der Waals surface area contributed by atoms with Gasteiger partial charge in [-0.3, -0.25) is 14.9 Å². The van der Waals surface area contributed by atoms with E-state index in [0.29, 0.717) is 12.4 Å². The van der Waals surface area contributed by atoms with Gasteiger partial charge in [0, 0.05) is 5.56 Å². The van der Waals surface area contributed by atoms with E-state index in [9.17, 15) is 20.0 Å². The van der Waals surface area contributed by atoms with Crippen molar-refractivity contribution < 1.29 is 14.8 Å². The lowest BCUT2D eigenvalue weighted by molar-refractivity contribution is -0.387. The van der Waals surface area contributed by atoms with Crippen LogP contribution >= 0.6 is 0 Å². The molecule has 8 heteroatoms. The van der Waals surface area contributed by atoms with E-state index in [-0.39, 0.29) is 5.82 Å². The molecule has 28 heavy (non-hydrogen) atoms. The maximum Gasteiger partial charge on any atom is 0.395 e. The number of ether oxygens (including phenoxy) is 1. The first kappa shape index (κ1) is 19.1. The van der Waals surface area contributed by atoms with Crippen LogP contribution in [0.25, 0.3) is 22.9 Å². The van der Waals surface area contributed by atoms with E-state index in [1.165, 1.54) is 6.08 Å². The van der Waals surface area contributed by atoms with E-state index in [0.717, 1.165) is 29.2 Å². The molecule has 0 saturated heterocycles. The zero-order valence-corrected chi connectivity index (χ0v) is 15.2. The molecule has 0 spiro atoms. The maximum absolute atomic E-state index is 11.8. The molecule has 0 amide bonds. The quantitative estimate of drug-likeness (QED) is 0.364. The number of aromatic nitrogens is 2. The van der Waals surface area contributed by atoms with Gasteiger partial charge in [-0.25, -0.2) is 0 Å². The number of rotatable bonds is 7. The first-order chi connectivity index (χ1) is 13.5. The third-order valence-corrected chi connectivity index (χ3v) is 4.17. The second kappa shape index (κ2) is 8.34. The summed E-state index contributed by atoms with van der Waals surface area (Å²) in [7, 11) is 0. The monoisotopic (exact) mass is 381 g/mol. The fourth-order valence-electron chi connectivity index (χ4n) is 2.78. The Morgan fingerprint density at radius 1 is 1.25 bits per heavy atom. The molecule has 144 valence electrons. The third kappa shape index (κ3) is 4.01. The summed E-state index contributed by atoms with van der Waals surface area (Å²) in [6, 6.07) is 11.6. The Hall–Kier alpha value is -3.68. The van der Waals surface area contributed by atoms with Crippen LogP contribution in [-0.2, 0) is 0 Å². The number of nitrogens with zero attached hydrogens (tertiary/aromatic N) is 2.